The first-order valence-electron chi connectivity index (χ1n) is 10.6. The van der Waals surface area contributed by atoms with Crippen LogP contribution >= 0.6 is 11.3 Å². The lowest BCUT2D eigenvalue weighted by Gasteiger charge is -2.11. The number of hydrogen-bond acceptors (Lipinski definition) is 7. The Morgan fingerprint density at radius 3 is 2.45 bits per heavy atom. The van der Waals surface area contributed by atoms with Crippen molar-refractivity contribution in [3.63, 3.8) is 0 Å². The van der Waals surface area contributed by atoms with Gasteiger partial charge in [-0.3, -0.25) is 4.79 Å². The van der Waals surface area contributed by atoms with Gasteiger partial charge in [0.15, 0.2) is 10.6 Å². The predicted octanol–water partition coefficient (Wildman–Crippen LogP) is 4.09. The molecule has 1 fully saturated rings. The molecule has 5 rings (SSSR count). The molecule has 9 heteroatoms. The fourth-order valence-electron chi connectivity index (χ4n) is 3.93. The normalized spacial score (nSPS) is 13.6. The standard InChI is InChI=1S/C24H21FN4O3S/c1-32-23(31)17-6-4-15(5-7-17)14-29-22(30)20-21(33-24(26-20)28-12-2-3-13-28)19(27-29)16-8-10-18(25)11-9-16/h4-11H,2-3,12-14H2,1H3. The highest BCUT2D eigenvalue weighted by atomic mass is 32.1. The summed E-state index contributed by atoms with van der Waals surface area (Å²) in [5, 5.41) is 5.46. The van der Waals surface area contributed by atoms with E-state index in [0.717, 1.165) is 36.6 Å². The zero-order chi connectivity index (χ0) is 22.9. The van der Waals surface area contributed by atoms with Crippen LogP contribution in [0.4, 0.5) is 9.52 Å². The Labute approximate surface area is 193 Å². The van der Waals surface area contributed by atoms with E-state index in [1.807, 2.05) is 0 Å². The Hall–Kier alpha value is -3.59. The van der Waals surface area contributed by atoms with Crippen LogP contribution in [0.25, 0.3) is 21.5 Å². The summed E-state index contributed by atoms with van der Waals surface area (Å²) in [7, 11) is 1.33. The van der Waals surface area contributed by atoms with Crippen LogP contribution in [-0.2, 0) is 11.3 Å². The second kappa shape index (κ2) is 8.74. The molecule has 2 aromatic carbocycles. The lowest BCUT2D eigenvalue weighted by atomic mass is 10.1. The van der Waals surface area contributed by atoms with Crippen molar-refractivity contribution in [3.05, 3.63) is 75.8 Å². The number of carbonyl (C=O) groups is 1. The van der Waals surface area contributed by atoms with Gasteiger partial charge in [0, 0.05) is 18.7 Å². The fraction of sp³-hybridized carbons (Fsp3) is 0.250. The van der Waals surface area contributed by atoms with Gasteiger partial charge in [0.25, 0.3) is 5.56 Å². The van der Waals surface area contributed by atoms with Crippen LogP contribution < -0.4 is 10.5 Å². The summed E-state index contributed by atoms with van der Waals surface area (Å²) >= 11 is 1.45. The lowest BCUT2D eigenvalue weighted by Crippen LogP contribution is -2.24. The topological polar surface area (TPSA) is 77.3 Å². The highest BCUT2D eigenvalue weighted by molar-refractivity contribution is 7.22. The van der Waals surface area contributed by atoms with Crippen LogP contribution in [0.1, 0.15) is 28.8 Å². The zero-order valence-electron chi connectivity index (χ0n) is 18.0. The first kappa shape index (κ1) is 21.3. The summed E-state index contributed by atoms with van der Waals surface area (Å²) in [6.07, 6.45) is 2.20. The molecule has 0 atom stereocenters. The van der Waals surface area contributed by atoms with Gasteiger partial charge in [0.2, 0.25) is 0 Å². The van der Waals surface area contributed by atoms with E-state index in [1.165, 1.54) is 35.3 Å². The molecule has 1 saturated heterocycles. The van der Waals surface area contributed by atoms with Crippen molar-refractivity contribution >= 4 is 32.7 Å². The number of esters is 1. The first-order chi connectivity index (χ1) is 16.0. The SMILES string of the molecule is COC(=O)c1ccc(Cn2nc(-c3ccc(F)cc3)c3sc(N4CCCC4)nc3c2=O)cc1. The lowest BCUT2D eigenvalue weighted by molar-refractivity contribution is 0.0600. The van der Waals surface area contributed by atoms with Crippen LogP contribution in [0.5, 0.6) is 0 Å². The highest BCUT2D eigenvalue weighted by Crippen LogP contribution is 2.35. The van der Waals surface area contributed by atoms with Crippen molar-refractivity contribution in [1.82, 2.24) is 14.8 Å². The molecule has 0 saturated carbocycles. The number of ether oxygens (including phenoxy) is 1. The third-order valence-electron chi connectivity index (χ3n) is 5.69. The quantitative estimate of drug-likeness (QED) is 0.414. The number of carbonyl (C=O) groups excluding carboxylic acids is 1. The van der Waals surface area contributed by atoms with Gasteiger partial charge in [0.1, 0.15) is 11.5 Å². The molecule has 0 amide bonds. The molecule has 4 aromatic rings. The maximum absolute atomic E-state index is 13.5. The number of halogens is 1. The maximum Gasteiger partial charge on any atom is 0.337 e. The monoisotopic (exact) mass is 464 g/mol. The minimum Gasteiger partial charge on any atom is -0.465 e. The Morgan fingerprint density at radius 2 is 1.79 bits per heavy atom. The minimum atomic E-state index is -0.422. The number of nitrogens with zero attached hydrogens (tertiary/aromatic N) is 4. The second-order valence-corrected chi connectivity index (χ2v) is 8.85. The summed E-state index contributed by atoms with van der Waals surface area (Å²) in [4.78, 5) is 31.9. The van der Waals surface area contributed by atoms with Crippen molar-refractivity contribution in [3.8, 4) is 11.3 Å². The smallest absolute Gasteiger partial charge is 0.337 e. The molecule has 7 nitrogen and oxygen atoms in total. The molecular formula is C24H21FN4O3S. The van der Waals surface area contributed by atoms with E-state index in [4.69, 9.17) is 4.74 Å². The van der Waals surface area contributed by atoms with Crippen LogP contribution in [0.15, 0.2) is 53.3 Å². The third kappa shape index (κ3) is 4.11. The maximum atomic E-state index is 13.5. The molecule has 0 N–H and O–H groups in total. The summed E-state index contributed by atoms with van der Waals surface area (Å²) in [5.74, 6) is -0.759. The van der Waals surface area contributed by atoms with Crippen molar-refractivity contribution in [2.24, 2.45) is 0 Å². The van der Waals surface area contributed by atoms with Gasteiger partial charge in [-0.15, -0.1) is 0 Å². The van der Waals surface area contributed by atoms with E-state index in [2.05, 4.69) is 15.0 Å². The summed E-state index contributed by atoms with van der Waals surface area (Å²) in [6.45, 7) is 2.04. The number of anilines is 1. The summed E-state index contributed by atoms with van der Waals surface area (Å²) < 4.78 is 20.4. The number of aromatic nitrogens is 3. The second-order valence-electron chi connectivity index (χ2n) is 7.88. The Morgan fingerprint density at radius 1 is 1.09 bits per heavy atom. The zero-order valence-corrected chi connectivity index (χ0v) is 18.8. The molecular weight excluding hydrogens is 443 g/mol. The molecule has 33 heavy (non-hydrogen) atoms. The fourth-order valence-corrected chi connectivity index (χ4v) is 5.05. The summed E-state index contributed by atoms with van der Waals surface area (Å²) in [5.41, 5.74) is 2.62. The van der Waals surface area contributed by atoms with E-state index in [-0.39, 0.29) is 17.9 Å². The van der Waals surface area contributed by atoms with E-state index in [0.29, 0.717) is 27.0 Å². The van der Waals surface area contributed by atoms with Gasteiger partial charge < -0.3 is 9.64 Å². The average Bonchev–Trinajstić information content (AvgIpc) is 3.52. The molecule has 0 aliphatic carbocycles. The first-order valence-corrected chi connectivity index (χ1v) is 11.4. The molecule has 3 heterocycles. The van der Waals surface area contributed by atoms with Crippen molar-refractivity contribution < 1.29 is 13.9 Å². The van der Waals surface area contributed by atoms with Crippen LogP contribution in [0.3, 0.4) is 0 Å². The molecule has 1 aliphatic heterocycles. The van der Waals surface area contributed by atoms with Gasteiger partial charge in [0.05, 0.1) is 23.9 Å². The molecule has 1 aliphatic rings. The third-order valence-corrected chi connectivity index (χ3v) is 6.81. The average molecular weight is 465 g/mol. The number of methoxy groups -OCH3 is 1. The van der Waals surface area contributed by atoms with Gasteiger partial charge in [-0.25, -0.2) is 18.9 Å². The number of hydrogen-bond donors (Lipinski definition) is 0. The van der Waals surface area contributed by atoms with Crippen LogP contribution in [-0.4, -0.2) is 40.9 Å². The highest BCUT2D eigenvalue weighted by Gasteiger charge is 2.22. The summed E-state index contributed by atoms with van der Waals surface area (Å²) in [6, 6.07) is 12.9. The number of fused-ring (bicyclic) bond motifs is 1. The van der Waals surface area contributed by atoms with Crippen LogP contribution in [0, 0.1) is 5.82 Å². The minimum absolute atomic E-state index is 0.209. The molecule has 2 aromatic heterocycles. The molecule has 0 radical (unpaired) electrons. The van der Waals surface area contributed by atoms with Crippen LogP contribution in [0.2, 0.25) is 0 Å². The Kier molecular flexibility index (Phi) is 5.63. The van der Waals surface area contributed by atoms with E-state index in [9.17, 15) is 14.0 Å². The number of benzene rings is 2. The van der Waals surface area contributed by atoms with Crippen molar-refractivity contribution in [2.75, 3.05) is 25.1 Å². The van der Waals surface area contributed by atoms with Crippen molar-refractivity contribution in [2.45, 2.75) is 19.4 Å². The molecule has 0 unspecified atom stereocenters. The van der Waals surface area contributed by atoms with Gasteiger partial charge in [-0.05, 0) is 54.8 Å². The molecule has 168 valence electrons. The number of thiazole rings is 1. The van der Waals surface area contributed by atoms with Gasteiger partial charge in [-0.2, -0.15) is 5.10 Å². The molecule has 0 bridgehead atoms. The molecule has 0 spiro atoms. The van der Waals surface area contributed by atoms with Crippen molar-refractivity contribution in [1.29, 1.82) is 0 Å². The largest absolute Gasteiger partial charge is 0.465 e. The van der Waals surface area contributed by atoms with E-state index < -0.39 is 5.97 Å². The Bertz CT molecular complexity index is 1370. The Balaban J connectivity index is 1.61. The van der Waals surface area contributed by atoms with E-state index >= 15 is 0 Å². The van der Waals surface area contributed by atoms with Gasteiger partial charge >= 0.3 is 5.97 Å². The van der Waals surface area contributed by atoms with E-state index in [1.54, 1.807) is 36.4 Å². The predicted molar refractivity (Wildman–Crippen MR) is 125 cm³/mol. The van der Waals surface area contributed by atoms with Gasteiger partial charge in [-0.1, -0.05) is 23.5 Å². The number of rotatable bonds is 5.